The molecule has 2 aromatic rings. The zero-order chi connectivity index (χ0) is 19.9. The van der Waals surface area contributed by atoms with Crippen LogP contribution in [-0.2, 0) is 11.2 Å². The van der Waals surface area contributed by atoms with Crippen LogP contribution in [0.5, 0.6) is 11.5 Å². The van der Waals surface area contributed by atoms with Gasteiger partial charge in [0, 0.05) is 10.0 Å². The Morgan fingerprint density at radius 1 is 1.14 bits per heavy atom. The van der Waals surface area contributed by atoms with Crippen molar-refractivity contribution < 1.29 is 14.3 Å². The van der Waals surface area contributed by atoms with Crippen LogP contribution in [0.4, 0.5) is 0 Å². The summed E-state index contributed by atoms with van der Waals surface area (Å²) < 4.78 is 13.1. The number of thioether (sulfide) groups is 1. The second-order valence-corrected chi connectivity index (χ2v) is 8.47. The molecule has 0 radical (unpaired) electrons. The molecule has 144 valence electrons. The smallest absolute Gasteiger partial charge is 0.263 e. The number of nitrogens with one attached hydrogen (secondary N) is 1. The molecule has 1 aliphatic heterocycles. The number of allylic oxidation sites excluding steroid dienone is 1. The first-order valence-electron chi connectivity index (χ1n) is 8.55. The molecule has 1 fully saturated rings. The number of ether oxygens (including phenoxy) is 2. The highest BCUT2D eigenvalue weighted by molar-refractivity contribution is 9.10. The number of benzene rings is 2. The molecule has 1 N–H and O–H groups in total. The largest absolute Gasteiger partial charge is 0.490 e. The SMILES string of the molecule is C=CCc1ccccc1OCCOc1ccc(Br)cc1C=C1SC(=S)NC1=O. The highest BCUT2D eigenvalue weighted by Crippen LogP contribution is 2.31. The number of thiocarbonyl (C=S) groups is 1. The normalized spacial score (nSPS) is 14.8. The second kappa shape index (κ2) is 9.91. The van der Waals surface area contributed by atoms with E-state index in [0.717, 1.165) is 27.8 Å². The molecular formula is C21H18BrNO3S2. The highest BCUT2D eigenvalue weighted by Gasteiger charge is 2.22. The van der Waals surface area contributed by atoms with Crippen LogP contribution in [0.2, 0.25) is 0 Å². The maximum Gasteiger partial charge on any atom is 0.263 e. The molecule has 2 aromatic carbocycles. The van der Waals surface area contributed by atoms with Crippen molar-refractivity contribution in [3.63, 3.8) is 0 Å². The fourth-order valence-corrected chi connectivity index (χ4v) is 4.01. The van der Waals surface area contributed by atoms with Crippen molar-refractivity contribution in [2.75, 3.05) is 13.2 Å². The summed E-state index contributed by atoms with van der Waals surface area (Å²) in [5.41, 5.74) is 1.88. The van der Waals surface area contributed by atoms with Crippen molar-refractivity contribution in [1.82, 2.24) is 5.32 Å². The van der Waals surface area contributed by atoms with E-state index >= 15 is 0 Å². The van der Waals surface area contributed by atoms with E-state index in [4.69, 9.17) is 21.7 Å². The molecular weight excluding hydrogens is 458 g/mol. The van der Waals surface area contributed by atoms with Crippen LogP contribution in [0.3, 0.4) is 0 Å². The fourth-order valence-electron chi connectivity index (χ4n) is 2.60. The van der Waals surface area contributed by atoms with Crippen molar-refractivity contribution in [3.8, 4) is 11.5 Å². The van der Waals surface area contributed by atoms with Gasteiger partial charge >= 0.3 is 0 Å². The first-order chi connectivity index (χ1) is 13.6. The summed E-state index contributed by atoms with van der Waals surface area (Å²) in [7, 11) is 0. The summed E-state index contributed by atoms with van der Waals surface area (Å²) in [6, 6.07) is 13.5. The van der Waals surface area contributed by atoms with Crippen molar-refractivity contribution >= 4 is 56.2 Å². The Kier molecular flexibility index (Phi) is 7.30. The predicted molar refractivity (Wildman–Crippen MR) is 122 cm³/mol. The summed E-state index contributed by atoms with van der Waals surface area (Å²) in [5.74, 6) is 1.31. The molecule has 0 atom stereocenters. The maximum absolute atomic E-state index is 11.9. The van der Waals surface area contributed by atoms with Crippen molar-refractivity contribution in [1.29, 1.82) is 0 Å². The number of hydrogen-bond acceptors (Lipinski definition) is 5. The van der Waals surface area contributed by atoms with E-state index < -0.39 is 0 Å². The number of halogens is 1. The van der Waals surface area contributed by atoms with Crippen molar-refractivity contribution in [3.05, 3.63) is 75.6 Å². The zero-order valence-electron chi connectivity index (χ0n) is 14.9. The van der Waals surface area contributed by atoms with E-state index in [9.17, 15) is 4.79 Å². The van der Waals surface area contributed by atoms with E-state index in [1.54, 1.807) is 6.08 Å². The Morgan fingerprint density at radius 2 is 1.89 bits per heavy atom. The lowest BCUT2D eigenvalue weighted by Crippen LogP contribution is -2.17. The second-order valence-electron chi connectivity index (χ2n) is 5.83. The van der Waals surface area contributed by atoms with E-state index in [1.165, 1.54) is 11.8 Å². The van der Waals surface area contributed by atoms with E-state index in [1.807, 2.05) is 48.5 Å². The molecule has 1 saturated heterocycles. The molecule has 0 bridgehead atoms. The topological polar surface area (TPSA) is 47.6 Å². The average Bonchev–Trinajstić information content (AvgIpc) is 2.98. The van der Waals surface area contributed by atoms with E-state index in [0.29, 0.717) is 28.2 Å². The summed E-state index contributed by atoms with van der Waals surface area (Å²) >= 11 is 9.74. The Morgan fingerprint density at radius 3 is 2.61 bits per heavy atom. The van der Waals surface area contributed by atoms with Gasteiger partial charge in [-0.3, -0.25) is 4.79 Å². The monoisotopic (exact) mass is 475 g/mol. The summed E-state index contributed by atoms with van der Waals surface area (Å²) in [6.45, 7) is 4.55. The van der Waals surface area contributed by atoms with Gasteiger partial charge in [0.15, 0.2) is 0 Å². The maximum atomic E-state index is 11.9. The van der Waals surface area contributed by atoms with Crippen LogP contribution in [0.25, 0.3) is 6.08 Å². The van der Waals surface area contributed by atoms with Crippen LogP contribution < -0.4 is 14.8 Å². The Labute approximate surface area is 182 Å². The van der Waals surface area contributed by atoms with Gasteiger partial charge in [-0.05, 0) is 42.3 Å². The van der Waals surface area contributed by atoms with Gasteiger partial charge in [-0.25, -0.2) is 0 Å². The van der Waals surface area contributed by atoms with Gasteiger partial charge in [-0.2, -0.15) is 0 Å². The molecule has 4 nitrogen and oxygen atoms in total. The zero-order valence-corrected chi connectivity index (χ0v) is 18.2. The van der Waals surface area contributed by atoms with Gasteiger partial charge < -0.3 is 14.8 Å². The molecule has 1 aliphatic rings. The first-order valence-corrected chi connectivity index (χ1v) is 10.6. The molecule has 0 saturated carbocycles. The van der Waals surface area contributed by atoms with Crippen molar-refractivity contribution in [2.45, 2.75) is 6.42 Å². The third-order valence-electron chi connectivity index (χ3n) is 3.84. The van der Waals surface area contributed by atoms with Gasteiger partial charge in [0.25, 0.3) is 5.91 Å². The Bertz CT molecular complexity index is 943. The minimum absolute atomic E-state index is 0.192. The number of para-hydroxylation sites is 1. The molecule has 7 heteroatoms. The van der Waals surface area contributed by atoms with E-state index in [2.05, 4.69) is 27.8 Å². The van der Waals surface area contributed by atoms with Gasteiger partial charge in [0.05, 0.1) is 4.91 Å². The summed E-state index contributed by atoms with van der Waals surface area (Å²) in [4.78, 5) is 12.5. The molecule has 0 spiro atoms. The minimum atomic E-state index is -0.192. The third kappa shape index (κ3) is 5.47. The molecule has 0 unspecified atom stereocenters. The lowest BCUT2D eigenvalue weighted by atomic mass is 10.1. The molecule has 3 rings (SSSR count). The number of carbonyl (C=O) groups is 1. The summed E-state index contributed by atoms with van der Waals surface area (Å²) in [5, 5.41) is 2.61. The molecule has 0 aliphatic carbocycles. The van der Waals surface area contributed by atoms with Crippen molar-refractivity contribution in [2.24, 2.45) is 0 Å². The van der Waals surface area contributed by atoms with Crippen LogP contribution in [0.15, 0.2) is 64.5 Å². The number of carbonyl (C=O) groups excluding carboxylic acids is 1. The van der Waals surface area contributed by atoms with Gasteiger partial charge in [0.2, 0.25) is 0 Å². The van der Waals surface area contributed by atoms with Gasteiger partial charge in [-0.15, -0.1) is 6.58 Å². The summed E-state index contributed by atoms with van der Waals surface area (Å²) in [6.07, 6.45) is 4.38. The van der Waals surface area contributed by atoms with Crippen LogP contribution in [0, 0.1) is 0 Å². The number of amides is 1. The fraction of sp³-hybridized carbons (Fsp3) is 0.143. The van der Waals surface area contributed by atoms with Crippen LogP contribution in [-0.4, -0.2) is 23.4 Å². The lowest BCUT2D eigenvalue weighted by Gasteiger charge is -2.13. The van der Waals surface area contributed by atoms with Gasteiger partial charge in [-0.1, -0.05) is 64.2 Å². The molecule has 1 amide bonds. The lowest BCUT2D eigenvalue weighted by molar-refractivity contribution is -0.115. The quantitative estimate of drug-likeness (QED) is 0.248. The van der Waals surface area contributed by atoms with Crippen LogP contribution in [0.1, 0.15) is 11.1 Å². The highest BCUT2D eigenvalue weighted by atomic mass is 79.9. The van der Waals surface area contributed by atoms with Gasteiger partial charge in [0.1, 0.15) is 29.0 Å². The number of rotatable bonds is 8. The number of hydrogen-bond donors (Lipinski definition) is 1. The third-order valence-corrected chi connectivity index (χ3v) is 5.49. The average molecular weight is 476 g/mol. The molecule has 1 heterocycles. The standard InChI is InChI=1S/C21H18BrNO3S2/c1-2-5-14-6-3-4-7-17(14)25-10-11-26-18-9-8-16(22)12-15(18)13-19-20(24)23-21(27)28-19/h2-4,6-9,12-13H,1,5,10-11H2,(H,23,24,27). The van der Waals surface area contributed by atoms with E-state index in [-0.39, 0.29) is 5.91 Å². The predicted octanol–water partition coefficient (Wildman–Crippen LogP) is 5.12. The Balaban J connectivity index is 1.65. The molecule has 28 heavy (non-hydrogen) atoms. The van der Waals surface area contributed by atoms with Crippen LogP contribution >= 0.6 is 39.9 Å². The molecule has 0 aromatic heterocycles. The minimum Gasteiger partial charge on any atom is -0.490 e. The Hall–Kier alpha value is -2.09. The first kappa shape index (κ1) is 20.6.